The zero-order valence-electron chi connectivity index (χ0n) is 8.36. The van der Waals surface area contributed by atoms with Gasteiger partial charge in [0, 0.05) is 10.6 Å². The molecule has 1 aromatic rings. The first-order valence-electron chi connectivity index (χ1n) is 4.91. The lowest BCUT2D eigenvalue weighted by molar-refractivity contribution is 1.14. The van der Waals surface area contributed by atoms with E-state index in [4.69, 9.17) is 0 Å². The second-order valence-corrected chi connectivity index (χ2v) is 4.46. The van der Waals surface area contributed by atoms with Gasteiger partial charge in [-0.1, -0.05) is 42.5 Å². The van der Waals surface area contributed by atoms with Gasteiger partial charge in [-0.15, -0.1) is 11.8 Å². The zero-order chi connectivity index (χ0) is 9.80. The van der Waals surface area contributed by atoms with Crippen LogP contribution in [0.25, 0.3) is 0 Å². The molecule has 0 N–H and O–H groups in total. The first-order chi connectivity index (χ1) is 6.88. The number of allylic oxidation sites excluding steroid dienone is 3. The van der Waals surface area contributed by atoms with E-state index in [0.717, 1.165) is 12.2 Å². The van der Waals surface area contributed by atoms with Crippen LogP contribution in [0.5, 0.6) is 0 Å². The zero-order valence-corrected chi connectivity index (χ0v) is 9.18. The highest BCUT2D eigenvalue weighted by Gasteiger charge is 2.04. The Balaban J connectivity index is 2.39. The summed E-state index contributed by atoms with van der Waals surface area (Å²) >= 11 is 1.94. The molecule has 0 fully saturated rings. The molecule has 0 spiro atoms. The molecule has 0 aliphatic carbocycles. The van der Waals surface area contributed by atoms with Crippen LogP contribution in [0.2, 0.25) is 0 Å². The summed E-state index contributed by atoms with van der Waals surface area (Å²) in [5.41, 5.74) is 2.85. The number of hydrogen-bond donors (Lipinski definition) is 0. The summed E-state index contributed by atoms with van der Waals surface area (Å²) in [6, 6.07) is 6.57. The fraction of sp³-hybridized carbons (Fsp3) is 0.231. The van der Waals surface area contributed by atoms with Crippen LogP contribution in [0.4, 0.5) is 0 Å². The Hall–Kier alpha value is -0.950. The van der Waals surface area contributed by atoms with Gasteiger partial charge in [0.25, 0.3) is 0 Å². The summed E-state index contributed by atoms with van der Waals surface area (Å²) in [4.78, 5) is 1.46. The lowest BCUT2D eigenvalue weighted by atomic mass is 10.1. The third kappa shape index (κ3) is 2.10. The normalized spacial score (nSPS) is 20.1. The Bertz CT molecular complexity index is 375. The molecule has 1 aliphatic heterocycles. The molecule has 1 aromatic carbocycles. The minimum Gasteiger partial charge on any atom is -0.121 e. The third-order valence-electron chi connectivity index (χ3n) is 2.34. The standard InChI is InChI=1S/C13H14S/c1-11-7-6-9-12-8-4-2-3-5-10-14-13(11)12/h2-7,9H,8,10H2,1H3/b4-2-,5-3-. The van der Waals surface area contributed by atoms with Crippen molar-refractivity contribution in [1.29, 1.82) is 0 Å². The number of thioether (sulfide) groups is 1. The maximum absolute atomic E-state index is 2.23. The molecular formula is C13H14S. The van der Waals surface area contributed by atoms with Crippen LogP contribution < -0.4 is 0 Å². The highest BCUT2D eigenvalue weighted by Crippen LogP contribution is 2.27. The molecule has 0 amide bonds. The van der Waals surface area contributed by atoms with Crippen LogP contribution in [0.15, 0.2) is 47.4 Å². The van der Waals surface area contributed by atoms with Gasteiger partial charge in [-0.05, 0) is 24.5 Å². The van der Waals surface area contributed by atoms with Gasteiger partial charge in [-0.3, -0.25) is 0 Å². The van der Waals surface area contributed by atoms with Crippen molar-refractivity contribution >= 4 is 11.8 Å². The number of hydrogen-bond acceptors (Lipinski definition) is 1. The van der Waals surface area contributed by atoms with Gasteiger partial charge in [0.15, 0.2) is 0 Å². The van der Waals surface area contributed by atoms with Crippen molar-refractivity contribution in [3.8, 4) is 0 Å². The van der Waals surface area contributed by atoms with Crippen molar-refractivity contribution in [2.24, 2.45) is 0 Å². The van der Waals surface area contributed by atoms with Crippen molar-refractivity contribution < 1.29 is 0 Å². The van der Waals surface area contributed by atoms with Crippen LogP contribution in [0.1, 0.15) is 11.1 Å². The molecular weight excluding hydrogens is 188 g/mol. The van der Waals surface area contributed by atoms with Crippen molar-refractivity contribution in [2.75, 3.05) is 5.75 Å². The van der Waals surface area contributed by atoms with E-state index in [1.54, 1.807) is 0 Å². The van der Waals surface area contributed by atoms with E-state index in [9.17, 15) is 0 Å². The predicted octanol–water partition coefficient (Wildman–Crippen LogP) is 3.76. The Morgan fingerprint density at radius 3 is 2.93 bits per heavy atom. The molecule has 0 nitrogen and oxygen atoms in total. The van der Waals surface area contributed by atoms with Gasteiger partial charge >= 0.3 is 0 Å². The van der Waals surface area contributed by atoms with E-state index in [-0.39, 0.29) is 0 Å². The monoisotopic (exact) mass is 202 g/mol. The summed E-state index contributed by atoms with van der Waals surface area (Å²) in [7, 11) is 0. The Kier molecular flexibility index (Phi) is 3.10. The van der Waals surface area contributed by atoms with Crippen LogP contribution >= 0.6 is 11.8 Å². The van der Waals surface area contributed by atoms with Gasteiger partial charge in [-0.2, -0.15) is 0 Å². The van der Waals surface area contributed by atoms with Gasteiger partial charge in [0.1, 0.15) is 0 Å². The average Bonchev–Trinajstić information content (AvgIpc) is 2.30. The summed E-state index contributed by atoms with van der Waals surface area (Å²) in [6.07, 6.45) is 9.75. The molecule has 72 valence electrons. The highest BCUT2D eigenvalue weighted by molar-refractivity contribution is 7.99. The number of aryl methyl sites for hydroxylation is 1. The molecule has 0 saturated carbocycles. The maximum atomic E-state index is 2.23. The molecule has 14 heavy (non-hydrogen) atoms. The van der Waals surface area contributed by atoms with Crippen LogP contribution in [0.3, 0.4) is 0 Å². The van der Waals surface area contributed by atoms with Gasteiger partial charge in [-0.25, -0.2) is 0 Å². The van der Waals surface area contributed by atoms with E-state index in [1.165, 1.54) is 16.0 Å². The quantitative estimate of drug-likeness (QED) is 0.617. The molecule has 2 rings (SSSR count). The predicted molar refractivity (Wildman–Crippen MR) is 63.9 cm³/mol. The first kappa shape index (κ1) is 9.60. The summed E-state index contributed by atoms with van der Waals surface area (Å²) in [6.45, 7) is 2.19. The molecule has 1 heteroatoms. The van der Waals surface area contributed by atoms with Crippen molar-refractivity contribution in [2.45, 2.75) is 18.2 Å². The maximum Gasteiger partial charge on any atom is 0.0164 e. The smallest absolute Gasteiger partial charge is 0.0164 e. The van der Waals surface area contributed by atoms with Crippen molar-refractivity contribution in [1.82, 2.24) is 0 Å². The van der Waals surface area contributed by atoms with Crippen LogP contribution in [-0.4, -0.2) is 5.75 Å². The van der Waals surface area contributed by atoms with Crippen LogP contribution in [-0.2, 0) is 6.42 Å². The number of rotatable bonds is 0. The van der Waals surface area contributed by atoms with Gasteiger partial charge < -0.3 is 0 Å². The molecule has 0 radical (unpaired) electrons. The van der Waals surface area contributed by atoms with Crippen LogP contribution in [0, 0.1) is 6.92 Å². The van der Waals surface area contributed by atoms with E-state index < -0.39 is 0 Å². The molecule has 0 aromatic heterocycles. The Morgan fingerprint density at radius 1 is 1.14 bits per heavy atom. The number of fused-ring (bicyclic) bond motifs is 1. The summed E-state index contributed by atoms with van der Waals surface area (Å²) in [5.74, 6) is 1.07. The molecule has 1 heterocycles. The molecule has 0 bridgehead atoms. The first-order valence-corrected chi connectivity index (χ1v) is 5.89. The Morgan fingerprint density at radius 2 is 2.00 bits per heavy atom. The van der Waals surface area contributed by atoms with Crippen molar-refractivity contribution in [3.05, 3.63) is 53.6 Å². The molecule has 1 aliphatic rings. The van der Waals surface area contributed by atoms with Gasteiger partial charge in [0.05, 0.1) is 0 Å². The fourth-order valence-corrected chi connectivity index (χ4v) is 2.63. The van der Waals surface area contributed by atoms with E-state index in [2.05, 4.69) is 49.4 Å². The second-order valence-electron chi connectivity index (χ2n) is 3.43. The van der Waals surface area contributed by atoms with E-state index in [0.29, 0.717) is 0 Å². The second kappa shape index (κ2) is 4.52. The molecule has 0 atom stereocenters. The lowest BCUT2D eigenvalue weighted by Crippen LogP contribution is -1.89. The average molecular weight is 202 g/mol. The topological polar surface area (TPSA) is 0 Å². The van der Waals surface area contributed by atoms with Crippen molar-refractivity contribution in [3.63, 3.8) is 0 Å². The number of benzene rings is 1. The summed E-state index contributed by atoms with van der Waals surface area (Å²) < 4.78 is 0. The largest absolute Gasteiger partial charge is 0.121 e. The molecule has 0 saturated heterocycles. The SMILES string of the molecule is Cc1cccc2c1SC/C=C\C=C/C2. The minimum atomic E-state index is 1.05. The minimum absolute atomic E-state index is 1.05. The fourth-order valence-electron chi connectivity index (χ4n) is 1.62. The third-order valence-corrected chi connectivity index (χ3v) is 3.57. The van der Waals surface area contributed by atoms with E-state index in [1.807, 2.05) is 11.8 Å². The van der Waals surface area contributed by atoms with Gasteiger partial charge in [0.2, 0.25) is 0 Å². The molecule has 0 unspecified atom stereocenters. The Labute approximate surface area is 89.7 Å². The highest BCUT2D eigenvalue weighted by atomic mass is 32.2. The summed E-state index contributed by atoms with van der Waals surface area (Å²) in [5, 5.41) is 0. The van der Waals surface area contributed by atoms with E-state index >= 15 is 0 Å². The lowest BCUT2D eigenvalue weighted by Gasteiger charge is -2.09.